The number of ether oxygens (including phenoxy) is 2. The van der Waals surface area contributed by atoms with Crippen molar-refractivity contribution in [3.8, 4) is 22.6 Å². The minimum Gasteiger partial charge on any atom is -0.497 e. The Kier molecular flexibility index (Phi) is 6.73. The molecule has 0 aliphatic rings. The summed E-state index contributed by atoms with van der Waals surface area (Å²) in [6.45, 7) is 4.94. The normalized spacial score (nSPS) is 11.2. The summed E-state index contributed by atoms with van der Waals surface area (Å²) in [5, 5.41) is 6.61. The zero-order valence-electron chi connectivity index (χ0n) is 18.5. The molecule has 0 unspecified atom stereocenters. The van der Waals surface area contributed by atoms with Crippen molar-refractivity contribution >= 4 is 27.5 Å². The molecule has 1 heterocycles. The monoisotopic (exact) mass is 459 g/mol. The molecule has 10 heteroatoms. The van der Waals surface area contributed by atoms with Gasteiger partial charge >= 0.3 is 0 Å². The number of hydrogen-bond donors (Lipinski definition) is 2. The maximum absolute atomic E-state index is 13.3. The molecule has 0 spiro atoms. The third-order valence-corrected chi connectivity index (χ3v) is 6.31. The summed E-state index contributed by atoms with van der Waals surface area (Å²) >= 11 is 0. The van der Waals surface area contributed by atoms with Gasteiger partial charge in [-0.3, -0.25) is 14.8 Å². The number of nitrogens with zero attached hydrogens (tertiary/aromatic N) is 1. The predicted molar refractivity (Wildman–Crippen MR) is 121 cm³/mol. The first-order valence-electron chi connectivity index (χ1n) is 9.82. The summed E-state index contributed by atoms with van der Waals surface area (Å²) in [4.78, 5) is 11.6. The molecule has 0 fully saturated rings. The first kappa shape index (κ1) is 23.1. The zero-order chi connectivity index (χ0) is 23.5. The van der Waals surface area contributed by atoms with E-state index in [0.29, 0.717) is 40.3 Å². The Balaban J connectivity index is 2.09. The minimum absolute atomic E-state index is 0.0666. The molecule has 9 nitrogen and oxygen atoms in total. The fourth-order valence-corrected chi connectivity index (χ4v) is 4.58. The van der Waals surface area contributed by atoms with Crippen LogP contribution in [0.1, 0.15) is 25.1 Å². The van der Waals surface area contributed by atoms with Gasteiger partial charge in [0.05, 0.1) is 36.1 Å². The van der Waals surface area contributed by atoms with Gasteiger partial charge in [0, 0.05) is 13.0 Å². The Labute approximate surface area is 186 Å². The van der Waals surface area contributed by atoms with Crippen LogP contribution in [0.15, 0.2) is 45.8 Å². The van der Waals surface area contributed by atoms with E-state index in [1.807, 2.05) is 6.92 Å². The van der Waals surface area contributed by atoms with Crippen molar-refractivity contribution in [3.63, 3.8) is 0 Å². The molecule has 2 N–H and O–H groups in total. The molecule has 0 radical (unpaired) electrons. The molecule has 3 rings (SSSR count). The second-order valence-electron chi connectivity index (χ2n) is 7.02. The Hall–Kier alpha value is -3.53. The number of rotatable bonds is 8. The number of methoxy groups -OCH3 is 2. The number of anilines is 2. The van der Waals surface area contributed by atoms with Crippen LogP contribution in [-0.2, 0) is 21.2 Å². The second-order valence-corrected chi connectivity index (χ2v) is 8.67. The molecule has 1 amide bonds. The fraction of sp³-hybridized carbons (Fsp3) is 0.273. The molecule has 0 atom stereocenters. The van der Waals surface area contributed by atoms with Gasteiger partial charge in [-0.25, -0.2) is 8.42 Å². The van der Waals surface area contributed by atoms with Crippen LogP contribution in [0.3, 0.4) is 0 Å². The average Bonchev–Trinajstić information content (AvgIpc) is 3.15. The predicted octanol–water partition coefficient (Wildman–Crippen LogP) is 3.99. The molecular formula is C22H25N3O6S. The van der Waals surface area contributed by atoms with Crippen LogP contribution in [0.25, 0.3) is 11.1 Å². The van der Waals surface area contributed by atoms with Crippen LogP contribution < -0.4 is 19.5 Å². The fourth-order valence-electron chi connectivity index (χ4n) is 3.25. The summed E-state index contributed by atoms with van der Waals surface area (Å²) < 4.78 is 45.0. The van der Waals surface area contributed by atoms with E-state index in [-0.39, 0.29) is 22.4 Å². The number of nitrogens with one attached hydrogen (secondary N) is 2. The van der Waals surface area contributed by atoms with Gasteiger partial charge < -0.3 is 14.0 Å². The van der Waals surface area contributed by atoms with E-state index >= 15 is 0 Å². The van der Waals surface area contributed by atoms with Gasteiger partial charge in [-0.05, 0) is 42.7 Å². The van der Waals surface area contributed by atoms with Crippen molar-refractivity contribution in [2.24, 2.45) is 0 Å². The van der Waals surface area contributed by atoms with Gasteiger partial charge in [-0.2, -0.15) is 0 Å². The average molecular weight is 460 g/mol. The summed E-state index contributed by atoms with van der Waals surface area (Å²) in [7, 11) is -1.05. The van der Waals surface area contributed by atoms with Gasteiger partial charge in [-0.1, -0.05) is 24.2 Å². The maximum Gasteiger partial charge on any atom is 0.262 e. The highest BCUT2D eigenvalue weighted by molar-refractivity contribution is 7.92. The second kappa shape index (κ2) is 9.31. The summed E-state index contributed by atoms with van der Waals surface area (Å²) in [5.74, 6) is 0.676. The number of aryl methyl sites for hydroxylation is 2. The number of amides is 1. The van der Waals surface area contributed by atoms with E-state index in [9.17, 15) is 13.2 Å². The van der Waals surface area contributed by atoms with E-state index in [2.05, 4.69) is 15.2 Å². The lowest BCUT2D eigenvalue weighted by Gasteiger charge is -2.15. The number of benzene rings is 2. The third kappa shape index (κ3) is 4.70. The first-order valence-corrected chi connectivity index (χ1v) is 11.3. The molecule has 32 heavy (non-hydrogen) atoms. The SMILES string of the molecule is CCc1noc(NC(C)=O)c1-c1ccc(C)c(S(=O)(=O)Nc2cc(OC)ccc2OC)c1. The van der Waals surface area contributed by atoms with Gasteiger partial charge in [0.1, 0.15) is 11.5 Å². The highest BCUT2D eigenvalue weighted by Crippen LogP contribution is 2.36. The van der Waals surface area contributed by atoms with Crippen LogP contribution in [-0.4, -0.2) is 33.7 Å². The lowest BCUT2D eigenvalue weighted by molar-refractivity contribution is -0.114. The van der Waals surface area contributed by atoms with Crippen molar-refractivity contribution in [2.45, 2.75) is 32.1 Å². The minimum atomic E-state index is -3.99. The van der Waals surface area contributed by atoms with E-state index in [0.717, 1.165) is 0 Å². The smallest absolute Gasteiger partial charge is 0.262 e. The molecule has 0 aliphatic carbocycles. The van der Waals surface area contributed by atoms with E-state index < -0.39 is 10.0 Å². The standard InChI is InChI=1S/C22H25N3O6S/c1-6-17-21(22(31-24-17)23-14(3)26)15-8-7-13(2)20(11-15)32(27,28)25-18-12-16(29-4)9-10-19(18)30-5/h7-12,25H,6H2,1-5H3,(H,23,26). The zero-order valence-corrected chi connectivity index (χ0v) is 19.3. The van der Waals surface area contributed by atoms with Crippen LogP contribution in [0.4, 0.5) is 11.6 Å². The number of carbonyl (C=O) groups excluding carboxylic acids is 1. The highest BCUT2D eigenvalue weighted by Gasteiger charge is 2.23. The Morgan fingerprint density at radius 2 is 1.88 bits per heavy atom. The van der Waals surface area contributed by atoms with Gasteiger partial charge in [0.15, 0.2) is 0 Å². The lowest BCUT2D eigenvalue weighted by Crippen LogP contribution is -2.15. The number of carbonyl (C=O) groups is 1. The van der Waals surface area contributed by atoms with Crippen LogP contribution in [0, 0.1) is 6.92 Å². The maximum atomic E-state index is 13.3. The van der Waals surface area contributed by atoms with Crippen LogP contribution in [0.2, 0.25) is 0 Å². The summed E-state index contributed by atoms with van der Waals surface area (Å²) in [6.07, 6.45) is 0.535. The molecule has 0 saturated carbocycles. The molecule has 0 bridgehead atoms. The lowest BCUT2D eigenvalue weighted by atomic mass is 10.0. The number of hydrogen-bond acceptors (Lipinski definition) is 7. The van der Waals surface area contributed by atoms with Gasteiger partial charge in [-0.15, -0.1) is 0 Å². The Morgan fingerprint density at radius 1 is 1.12 bits per heavy atom. The largest absolute Gasteiger partial charge is 0.497 e. The van der Waals surface area contributed by atoms with Crippen molar-refractivity contribution in [3.05, 3.63) is 47.7 Å². The highest BCUT2D eigenvalue weighted by atomic mass is 32.2. The third-order valence-electron chi connectivity index (χ3n) is 4.80. The van der Waals surface area contributed by atoms with E-state index in [1.54, 1.807) is 37.3 Å². The molecule has 170 valence electrons. The Bertz CT molecular complexity index is 1250. The molecule has 1 aromatic heterocycles. The van der Waals surface area contributed by atoms with Gasteiger partial charge in [0.2, 0.25) is 11.8 Å². The molecule has 0 saturated heterocycles. The van der Waals surface area contributed by atoms with Gasteiger partial charge in [0.25, 0.3) is 10.0 Å². The molecule has 2 aromatic carbocycles. The van der Waals surface area contributed by atoms with Crippen LogP contribution >= 0.6 is 0 Å². The molecule has 0 aliphatic heterocycles. The van der Waals surface area contributed by atoms with Crippen molar-refractivity contribution in [1.29, 1.82) is 0 Å². The van der Waals surface area contributed by atoms with Crippen LogP contribution in [0.5, 0.6) is 11.5 Å². The Morgan fingerprint density at radius 3 is 2.50 bits per heavy atom. The number of sulfonamides is 1. The van der Waals surface area contributed by atoms with Crippen molar-refractivity contribution < 1.29 is 27.2 Å². The summed E-state index contributed by atoms with van der Waals surface area (Å²) in [5.41, 5.74) is 2.48. The molecule has 3 aromatic rings. The summed E-state index contributed by atoms with van der Waals surface area (Å²) in [6, 6.07) is 9.81. The topological polar surface area (TPSA) is 120 Å². The number of aromatic nitrogens is 1. The molecular weight excluding hydrogens is 434 g/mol. The van der Waals surface area contributed by atoms with E-state index in [4.69, 9.17) is 14.0 Å². The quantitative estimate of drug-likeness (QED) is 0.523. The van der Waals surface area contributed by atoms with Crippen molar-refractivity contribution in [1.82, 2.24) is 5.16 Å². The van der Waals surface area contributed by atoms with E-state index in [1.165, 1.54) is 27.2 Å². The first-order chi connectivity index (χ1) is 15.2. The van der Waals surface area contributed by atoms with Crippen molar-refractivity contribution in [2.75, 3.05) is 24.3 Å².